The van der Waals surface area contributed by atoms with E-state index in [0.29, 0.717) is 19.3 Å². The molecule has 0 aliphatic heterocycles. The SMILES string of the molecule is CCCCCCC\C=C/C=C\C=C/CCCCCCCC(=O)OCC(COC(=O)CC/C=C\C/C=C\CCCCCCCC)OC(=O)CCCCC/C=C\CCCCCCCCC. The molecule has 0 saturated carbocycles. The van der Waals surface area contributed by atoms with Gasteiger partial charge in [-0.1, -0.05) is 216 Å². The maximum absolute atomic E-state index is 12.8. The zero-order valence-corrected chi connectivity index (χ0v) is 41.3. The number of carbonyl (C=O) groups excluding carboxylic acids is 3. The van der Waals surface area contributed by atoms with Crippen LogP contribution in [0.1, 0.15) is 252 Å². The molecule has 0 bridgehead atoms. The van der Waals surface area contributed by atoms with Crippen molar-refractivity contribution in [2.24, 2.45) is 0 Å². The average Bonchev–Trinajstić information content (AvgIpc) is 3.28. The molecule has 6 nitrogen and oxygen atoms in total. The van der Waals surface area contributed by atoms with Crippen molar-refractivity contribution < 1.29 is 28.6 Å². The molecule has 0 amide bonds. The van der Waals surface area contributed by atoms with Crippen LogP contribution in [0, 0.1) is 0 Å². The highest BCUT2D eigenvalue weighted by Crippen LogP contribution is 2.13. The number of allylic oxidation sites excluding steroid dienone is 12. The Labute approximate surface area is 389 Å². The molecule has 0 aliphatic rings. The molecule has 0 aromatic heterocycles. The third-order valence-electron chi connectivity index (χ3n) is 11.2. The van der Waals surface area contributed by atoms with Crippen molar-refractivity contribution in [3.8, 4) is 0 Å². The monoisotopic (exact) mass is 879 g/mol. The second-order valence-corrected chi connectivity index (χ2v) is 17.5. The Morgan fingerprint density at radius 1 is 0.333 bits per heavy atom. The predicted octanol–water partition coefficient (Wildman–Crippen LogP) is 17.4. The van der Waals surface area contributed by atoms with Crippen molar-refractivity contribution in [1.29, 1.82) is 0 Å². The summed E-state index contributed by atoms with van der Waals surface area (Å²) < 4.78 is 16.7. The highest BCUT2D eigenvalue weighted by molar-refractivity contribution is 5.71. The van der Waals surface area contributed by atoms with E-state index in [9.17, 15) is 14.4 Å². The average molecular weight is 879 g/mol. The second kappa shape index (κ2) is 51.5. The van der Waals surface area contributed by atoms with Gasteiger partial charge in [0.25, 0.3) is 0 Å². The summed E-state index contributed by atoms with van der Waals surface area (Å²) in [6, 6.07) is 0. The maximum atomic E-state index is 12.8. The molecule has 6 heteroatoms. The van der Waals surface area contributed by atoms with Gasteiger partial charge in [0, 0.05) is 19.3 Å². The van der Waals surface area contributed by atoms with Gasteiger partial charge in [0.2, 0.25) is 0 Å². The van der Waals surface area contributed by atoms with Gasteiger partial charge in [0.05, 0.1) is 0 Å². The molecule has 0 radical (unpaired) electrons. The standard InChI is InChI=1S/C57H98O6/c1-4-7-10-13-16-19-22-25-27-28-29-30-33-35-38-41-44-47-50-56(59)62-53-54(52-61-55(58)49-46-43-40-37-34-31-24-21-18-15-12-9-6-3)63-57(60)51-48-45-42-39-36-32-26-23-20-17-14-11-8-5-2/h22,25,27-32,34,36,40,43,54H,4-21,23-24,26,33,35,37-39,41-42,44-53H2,1-3H3/b25-22-,28-27-,30-29-,34-31-,36-32-,43-40-. The van der Waals surface area contributed by atoms with Crippen molar-refractivity contribution in [2.45, 2.75) is 258 Å². The van der Waals surface area contributed by atoms with Gasteiger partial charge in [0.15, 0.2) is 6.10 Å². The van der Waals surface area contributed by atoms with Crippen LogP contribution in [0.15, 0.2) is 72.9 Å². The quantitative estimate of drug-likeness (QED) is 0.0199. The van der Waals surface area contributed by atoms with Crippen LogP contribution >= 0.6 is 0 Å². The van der Waals surface area contributed by atoms with E-state index in [1.165, 1.54) is 116 Å². The molecule has 0 aromatic rings. The molecule has 362 valence electrons. The number of hydrogen-bond donors (Lipinski definition) is 0. The van der Waals surface area contributed by atoms with Crippen LogP contribution < -0.4 is 0 Å². The van der Waals surface area contributed by atoms with Gasteiger partial charge >= 0.3 is 17.9 Å². The van der Waals surface area contributed by atoms with Crippen molar-refractivity contribution in [2.75, 3.05) is 13.2 Å². The number of carbonyl (C=O) groups is 3. The lowest BCUT2D eigenvalue weighted by Crippen LogP contribution is -2.30. The zero-order chi connectivity index (χ0) is 45.8. The van der Waals surface area contributed by atoms with Crippen molar-refractivity contribution in [3.05, 3.63) is 72.9 Å². The van der Waals surface area contributed by atoms with Crippen LogP contribution in [0.3, 0.4) is 0 Å². The summed E-state index contributed by atoms with van der Waals surface area (Å²) in [5.74, 6) is -1.01. The Morgan fingerprint density at radius 2 is 0.667 bits per heavy atom. The van der Waals surface area contributed by atoms with Crippen LogP contribution in [-0.4, -0.2) is 37.2 Å². The fourth-order valence-corrected chi connectivity index (χ4v) is 7.20. The summed E-state index contributed by atoms with van der Waals surface area (Å²) in [6.07, 6.45) is 64.7. The van der Waals surface area contributed by atoms with Gasteiger partial charge in [-0.3, -0.25) is 14.4 Å². The van der Waals surface area contributed by atoms with E-state index >= 15 is 0 Å². The van der Waals surface area contributed by atoms with E-state index < -0.39 is 6.10 Å². The van der Waals surface area contributed by atoms with E-state index in [1.807, 2.05) is 6.08 Å². The van der Waals surface area contributed by atoms with Crippen LogP contribution in [0.2, 0.25) is 0 Å². The van der Waals surface area contributed by atoms with Gasteiger partial charge in [-0.05, 0) is 89.9 Å². The summed E-state index contributed by atoms with van der Waals surface area (Å²) in [7, 11) is 0. The van der Waals surface area contributed by atoms with Gasteiger partial charge in [-0.2, -0.15) is 0 Å². The van der Waals surface area contributed by atoms with E-state index in [1.54, 1.807) is 0 Å². The van der Waals surface area contributed by atoms with Gasteiger partial charge < -0.3 is 14.2 Å². The summed E-state index contributed by atoms with van der Waals surface area (Å²) >= 11 is 0. The molecule has 0 saturated heterocycles. The maximum Gasteiger partial charge on any atom is 0.306 e. The predicted molar refractivity (Wildman–Crippen MR) is 270 cm³/mol. The first-order chi connectivity index (χ1) is 31.0. The smallest absolute Gasteiger partial charge is 0.306 e. The van der Waals surface area contributed by atoms with E-state index in [0.717, 1.165) is 89.9 Å². The first-order valence-corrected chi connectivity index (χ1v) is 26.5. The highest BCUT2D eigenvalue weighted by atomic mass is 16.6. The minimum absolute atomic E-state index is 0.109. The third kappa shape index (κ3) is 49.7. The molecular weight excluding hydrogens is 781 g/mol. The van der Waals surface area contributed by atoms with E-state index in [-0.39, 0.29) is 37.5 Å². The Balaban J connectivity index is 4.49. The lowest BCUT2D eigenvalue weighted by atomic mass is 10.1. The molecule has 0 fully saturated rings. The molecule has 0 heterocycles. The second-order valence-electron chi connectivity index (χ2n) is 17.5. The molecule has 0 aliphatic carbocycles. The lowest BCUT2D eigenvalue weighted by molar-refractivity contribution is -0.166. The number of rotatable bonds is 47. The molecule has 0 N–H and O–H groups in total. The van der Waals surface area contributed by atoms with Crippen LogP contribution in [0.5, 0.6) is 0 Å². The molecule has 1 atom stereocenters. The lowest BCUT2D eigenvalue weighted by Gasteiger charge is -2.18. The molecule has 0 rings (SSSR count). The molecule has 1 unspecified atom stereocenters. The summed E-state index contributed by atoms with van der Waals surface area (Å²) in [5.41, 5.74) is 0. The summed E-state index contributed by atoms with van der Waals surface area (Å²) in [5, 5.41) is 0. The fourth-order valence-electron chi connectivity index (χ4n) is 7.20. The number of esters is 3. The number of unbranched alkanes of at least 4 members (excludes halogenated alkanes) is 26. The molecule has 0 aromatic carbocycles. The Hall–Kier alpha value is -3.15. The third-order valence-corrected chi connectivity index (χ3v) is 11.2. The number of hydrogen-bond acceptors (Lipinski definition) is 6. The zero-order valence-electron chi connectivity index (χ0n) is 41.3. The minimum Gasteiger partial charge on any atom is -0.462 e. The molecular formula is C57H98O6. The topological polar surface area (TPSA) is 78.9 Å². The molecule has 63 heavy (non-hydrogen) atoms. The van der Waals surface area contributed by atoms with Crippen molar-refractivity contribution >= 4 is 17.9 Å². The Kier molecular flexibility index (Phi) is 48.9. The largest absolute Gasteiger partial charge is 0.462 e. The molecule has 0 spiro atoms. The van der Waals surface area contributed by atoms with E-state index in [4.69, 9.17) is 14.2 Å². The first-order valence-electron chi connectivity index (χ1n) is 26.5. The first kappa shape index (κ1) is 59.9. The Bertz CT molecular complexity index is 1190. The highest BCUT2D eigenvalue weighted by Gasteiger charge is 2.19. The van der Waals surface area contributed by atoms with Gasteiger partial charge in [-0.25, -0.2) is 0 Å². The van der Waals surface area contributed by atoms with Crippen molar-refractivity contribution in [3.63, 3.8) is 0 Å². The van der Waals surface area contributed by atoms with Gasteiger partial charge in [-0.15, -0.1) is 0 Å². The van der Waals surface area contributed by atoms with Crippen LogP contribution in [-0.2, 0) is 28.6 Å². The minimum atomic E-state index is -0.813. The fraction of sp³-hybridized carbons (Fsp3) is 0.737. The van der Waals surface area contributed by atoms with Crippen molar-refractivity contribution in [1.82, 2.24) is 0 Å². The summed E-state index contributed by atoms with van der Waals surface area (Å²) in [6.45, 7) is 6.53. The Morgan fingerprint density at radius 3 is 1.13 bits per heavy atom. The number of ether oxygens (including phenoxy) is 3. The normalized spacial score (nSPS) is 12.6. The van der Waals surface area contributed by atoms with Crippen LogP contribution in [0.25, 0.3) is 0 Å². The van der Waals surface area contributed by atoms with E-state index in [2.05, 4.69) is 87.6 Å². The van der Waals surface area contributed by atoms with Gasteiger partial charge in [0.1, 0.15) is 13.2 Å². The summed E-state index contributed by atoms with van der Waals surface area (Å²) in [4.78, 5) is 37.9. The van der Waals surface area contributed by atoms with Crippen LogP contribution in [0.4, 0.5) is 0 Å².